The lowest BCUT2D eigenvalue weighted by molar-refractivity contribution is 0.591. The van der Waals surface area contributed by atoms with E-state index in [0.717, 1.165) is 11.3 Å². The maximum Gasteiger partial charge on any atom is 0.248 e. The summed E-state index contributed by atoms with van der Waals surface area (Å²) < 4.78 is 2.38. The smallest absolute Gasteiger partial charge is 0.248 e. The first-order valence-corrected chi connectivity index (χ1v) is 10.1. The van der Waals surface area contributed by atoms with Gasteiger partial charge in [-0.3, -0.25) is 4.57 Å². The Balaban J connectivity index is 1.79. The molecule has 2 nitrogen and oxygen atoms in total. The molecular formula is C25H23BN2. The van der Waals surface area contributed by atoms with Crippen molar-refractivity contribution in [1.82, 2.24) is 9.55 Å². The summed E-state index contributed by atoms with van der Waals surface area (Å²) in [6, 6.07) is 18.4. The van der Waals surface area contributed by atoms with E-state index < -0.39 is 0 Å². The number of benzene rings is 3. The first-order valence-electron chi connectivity index (χ1n) is 10.1. The van der Waals surface area contributed by atoms with E-state index >= 15 is 0 Å². The molecule has 0 bridgehead atoms. The molecule has 3 heteroatoms. The zero-order valence-electron chi connectivity index (χ0n) is 17.1. The van der Waals surface area contributed by atoms with Crippen LogP contribution in [0.1, 0.15) is 37.7 Å². The second-order valence-electron chi connectivity index (χ2n) is 9.44. The molecule has 1 aromatic heterocycles. The molecule has 0 N–H and O–H groups in total. The van der Waals surface area contributed by atoms with Crippen LogP contribution in [0, 0.1) is 13.8 Å². The fourth-order valence-electron chi connectivity index (χ4n) is 5.28. The zero-order chi connectivity index (χ0) is 19.4. The number of fused-ring (bicyclic) bond motifs is 5. The summed E-state index contributed by atoms with van der Waals surface area (Å²) in [7, 11) is 0. The average molecular weight is 362 g/mol. The Kier molecular flexibility index (Phi) is 2.87. The molecule has 6 rings (SSSR count). The molecule has 28 heavy (non-hydrogen) atoms. The Hall–Kier alpha value is -2.81. The summed E-state index contributed by atoms with van der Waals surface area (Å²) in [5.74, 6) is 1.07. The highest BCUT2D eigenvalue weighted by molar-refractivity contribution is 7.01. The number of nitrogens with zero attached hydrogens (tertiary/aromatic N) is 2. The highest BCUT2D eigenvalue weighted by Gasteiger charge is 2.41. The SMILES string of the molecule is Cc1cc2c3c(c1)-n1c(C)nc4cccc(c41)B3c1cc(C(C)(C)C)ccc1-2. The van der Waals surface area contributed by atoms with Crippen LogP contribution in [0.4, 0.5) is 0 Å². The monoisotopic (exact) mass is 362 g/mol. The minimum atomic E-state index is 0.140. The average Bonchev–Trinajstić information content (AvgIpc) is 3.14. The highest BCUT2D eigenvalue weighted by atomic mass is 15.1. The molecule has 3 aromatic carbocycles. The van der Waals surface area contributed by atoms with Crippen LogP contribution in [-0.4, -0.2) is 16.3 Å². The molecule has 136 valence electrons. The number of rotatable bonds is 0. The van der Waals surface area contributed by atoms with Gasteiger partial charge in [0.25, 0.3) is 0 Å². The van der Waals surface area contributed by atoms with Crippen molar-refractivity contribution < 1.29 is 0 Å². The quantitative estimate of drug-likeness (QED) is 0.377. The number of hydrogen-bond acceptors (Lipinski definition) is 1. The van der Waals surface area contributed by atoms with Crippen molar-refractivity contribution in [2.75, 3.05) is 0 Å². The third-order valence-electron chi connectivity index (χ3n) is 6.54. The molecule has 2 aliphatic heterocycles. The second-order valence-corrected chi connectivity index (χ2v) is 9.44. The molecule has 4 aromatic rings. The second kappa shape index (κ2) is 4.97. The minimum Gasteiger partial charge on any atom is -0.298 e. The molecule has 0 fully saturated rings. The molecule has 0 unspecified atom stereocenters. The third-order valence-corrected chi connectivity index (χ3v) is 6.54. The summed E-state index contributed by atoms with van der Waals surface area (Å²) in [6.07, 6.45) is 0. The van der Waals surface area contributed by atoms with Crippen LogP contribution in [0.25, 0.3) is 27.8 Å². The van der Waals surface area contributed by atoms with Crippen LogP contribution in [0.3, 0.4) is 0 Å². The van der Waals surface area contributed by atoms with Gasteiger partial charge < -0.3 is 0 Å². The number of para-hydroxylation sites is 1. The maximum absolute atomic E-state index is 4.88. The molecule has 0 atom stereocenters. The van der Waals surface area contributed by atoms with Gasteiger partial charge in [0.2, 0.25) is 6.71 Å². The fraction of sp³-hybridized carbons (Fsp3) is 0.240. The van der Waals surface area contributed by atoms with Crippen molar-refractivity contribution >= 4 is 34.1 Å². The van der Waals surface area contributed by atoms with Crippen molar-refractivity contribution in [2.45, 2.75) is 40.0 Å². The largest absolute Gasteiger partial charge is 0.298 e. The number of hydrogen-bond donors (Lipinski definition) is 0. The Bertz CT molecular complexity index is 1320. The van der Waals surface area contributed by atoms with Gasteiger partial charge >= 0.3 is 0 Å². The van der Waals surface area contributed by atoms with E-state index in [4.69, 9.17) is 4.98 Å². The van der Waals surface area contributed by atoms with Crippen molar-refractivity contribution in [1.29, 1.82) is 0 Å². The number of imidazole rings is 1. The lowest BCUT2D eigenvalue weighted by Crippen LogP contribution is -2.53. The van der Waals surface area contributed by atoms with E-state index in [9.17, 15) is 0 Å². The van der Waals surface area contributed by atoms with Gasteiger partial charge in [-0.1, -0.05) is 62.6 Å². The van der Waals surface area contributed by atoms with Gasteiger partial charge in [-0.05, 0) is 64.6 Å². The predicted molar refractivity (Wildman–Crippen MR) is 119 cm³/mol. The van der Waals surface area contributed by atoms with E-state index in [1.54, 1.807) is 0 Å². The van der Waals surface area contributed by atoms with Gasteiger partial charge in [-0.2, -0.15) is 0 Å². The summed E-state index contributed by atoms with van der Waals surface area (Å²) in [5, 5.41) is 0. The maximum atomic E-state index is 4.88. The first-order chi connectivity index (χ1) is 13.3. The molecule has 0 saturated carbocycles. The Labute approximate surface area is 166 Å². The van der Waals surface area contributed by atoms with Gasteiger partial charge in [0.05, 0.1) is 11.0 Å². The fourth-order valence-corrected chi connectivity index (χ4v) is 5.28. The lowest BCUT2D eigenvalue weighted by Gasteiger charge is -2.25. The lowest BCUT2D eigenvalue weighted by atomic mass is 9.37. The summed E-state index contributed by atoms with van der Waals surface area (Å²) >= 11 is 0. The van der Waals surface area contributed by atoms with Gasteiger partial charge in [-0.25, -0.2) is 4.98 Å². The predicted octanol–water partition coefficient (Wildman–Crippen LogP) is 3.75. The van der Waals surface area contributed by atoms with Crippen LogP contribution < -0.4 is 16.4 Å². The van der Waals surface area contributed by atoms with Crippen molar-refractivity contribution in [3.63, 3.8) is 0 Å². The molecule has 0 saturated heterocycles. The highest BCUT2D eigenvalue weighted by Crippen LogP contribution is 2.34. The standard InChI is InChI=1S/C25H23BN2/c1-14-11-18-17-10-9-16(25(3,4)5)13-20(17)26-19-7-6-8-21-24(19)28(15(2)27-21)22(12-14)23(18)26/h6-13H,1-5H3. The number of aryl methyl sites for hydroxylation is 2. The summed E-state index contributed by atoms with van der Waals surface area (Å²) in [4.78, 5) is 4.88. The summed E-state index contributed by atoms with van der Waals surface area (Å²) in [6.45, 7) is 11.5. The normalized spacial score (nSPS) is 13.8. The molecule has 0 radical (unpaired) electrons. The Morgan fingerprint density at radius 1 is 0.893 bits per heavy atom. The Morgan fingerprint density at radius 3 is 2.50 bits per heavy atom. The van der Waals surface area contributed by atoms with Gasteiger partial charge in [0.1, 0.15) is 5.82 Å². The van der Waals surface area contributed by atoms with Crippen LogP contribution in [0.5, 0.6) is 0 Å². The van der Waals surface area contributed by atoms with E-state index in [1.165, 1.54) is 49.8 Å². The topological polar surface area (TPSA) is 17.8 Å². The molecule has 2 aliphatic rings. The molecular weight excluding hydrogens is 339 g/mol. The van der Waals surface area contributed by atoms with Crippen molar-refractivity contribution in [3.8, 4) is 16.8 Å². The summed E-state index contributed by atoms with van der Waals surface area (Å²) in [5.41, 5.74) is 13.6. The third kappa shape index (κ3) is 1.87. The zero-order valence-corrected chi connectivity index (χ0v) is 17.1. The Morgan fingerprint density at radius 2 is 1.71 bits per heavy atom. The first kappa shape index (κ1) is 16.2. The molecule has 0 spiro atoms. The molecule has 0 aliphatic carbocycles. The van der Waals surface area contributed by atoms with E-state index in [1.807, 2.05) is 0 Å². The van der Waals surface area contributed by atoms with Gasteiger partial charge in [0, 0.05) is 5.69 Å². The van der Waals surface area contributed by atoms with Gasteiger partial charge in [0.15, 0.2) is 0 Å². The minimum absolute atomic E-state index is 0.140. The van der Waals surface area contributed by atoms with Crippen LogP contribution in [-0.2, 0) is 5.41 Å². The van der Waals surface area contributed by atoms with Crippen LogP contribution >= 0.6 is 0 Å². The van der Waals surface area contributed by atoms with E-state index in [2.05, 4.69) is 87.7 Å². The molecule has 0 amide bonds. The van der Waals surface area contributed by atoms with E-state index in [-0.39, 0.29) is 5.41 Å². The number of aromatic nitrogens is 2. The van der Waals surface area contributed by atoms with Crippen molar-refractivity contribution in [3.05, 3.63) is 65.5 Å². The van der Waals surface area contributed by atoms with Gasteiger partial charge in [-0.15, -0.1) is 0 Å². The van der Waals surface area contributed by atoms with Crippen LogP contribution in [0.2, 0.25) is 0 Å². The van der Waals surface area contributed by atoms with Crippen LogP contribution in [0.15, 0.2) is 48.5 Å². The van der Waals surface area contributed by atoms with E-state index in [0.29, 0.717) is 6.71 Å². The molecule has 3 heterocycles. The van der Waals surface area contributed by atoms with Crippen molar-refractivity contribution in [2.24, 2.45) is 0 Å².